The Labute approximate surface area is 80.4 Å². The quantitative estimate of drug-likeness (QED) is 0.563. The highest BCUT2D eigenvalue weighted by molar-refractivity contribution is 6.32. The van der Waals surface area contributed by atoms with Gasteiger partial charge in [-0.25, -0.2) is 4.79 Å². The van der Waals surface area contributed by atoms with Gasteiger partial charge in [0.2, 0.25) is 0 Å². The molecule has 0 fully saturated rings. The summed E-state index contributed by atoms with van der Waals surface area (Å²) >= 11 is 5.79. The molecule has 1 aromatic carbocycles. The number of halogens is 1. The second kappa shape index (κ2) is 3.96. The van der Waals surface area contributed by atoms with Gasteiger partial charge in [0.25, 0.3) is 0 Å². The first-order valence-corrected chi connectivity index (χ1v) is 3.94. The van der Waals surface area contributed by atoms with Crippen molar-refractivity contribution in [3.63, 3.8) is 0 Å². The second-order valence-corrected chi connectivity index (χ2v) is 2.82. The number of hydrogen-bond donors (Lipinski definition) is 2. The van der Waals surface area contributed by atoms with Crippen molar-refractivity contribution < 1.29 is 9.90 Å². The molecule has 13 heavy (non-hydrogen) atoms. The Morgan fingerprint density at radius 1 is 1.54 bits per heavy atom. The van der Waals surface area contributed by atoms with Gasteiger partial charge in [0, 0.05) is 22.3 Å². The van der Waals surface area contributed by atoms with Gasteiger partial charge in [0.05, 0.1) is 0 Å². The van der Waals surface area contributed by atoms with Gasteiger partial charge >= 0.3 is 5.97 Å². The van der Waals surface area contributed by atoms with Crippen molar-refractivity contribution in [2.75, 3.05) is 5.73 Å². The molecule has 0 amide bonds. The monoisotopic (exact) mass is 197 g/mol. The predicted octanol–water partition coefficient (Wildman–Crippen LogP) is 2.02. The summed E-state index contributed by atoms with van der Waals surface area (Å²) in [6, 6.07) is 5.02. The Bertz CT molecular complexity index is 340. The summed E-state index contributed by atoms with van der Waals surface area (Å²) < 4.78 is 0. The minimum Gasteiger partial charge on any atom is -0.478 e. The van der Waals surface area contributed by atoms with Crippen molar-refractivity contribution in [2.45, 2.75) is 0 Å². The third kappa shape index (κ3) is 2.49. The Morgan fingerprint density at radius 2 is 2.23 bits per heavy atom. The number of nitrogen functional groups attached to an aromatic ring is 1. The van der Waals surface area contributed by atoms with Crippen LogP contribution in [0, 0.1) is 0 Å². The maximum Gasteiger partial charge on any atom is 0.328 e. The fraction of sp³-hybridized carbons (Fsp3) is 0. The zero-order valence-electron chi connectivity index (χ0n) is 6.70. The van der Waals surface area contributed by atoms with Crippen LogP contribution in [0.1, 0.15) is 5.56 Å². The predicted molar refractivity (Wildman–Crippen MR) is 52.5 cm³/mol. The number of nitrogens with two attached hydrogens (primary N) is 1. The lowest BCUT2D eigenvalue weighted by Gasteiger charge is -2.01. The van der Waals surface area contributed by atoms with E-state index < -0.39 is 5.97 Å². The molecule has 0 saturated heterocycles. The molecule has 0 aliphatic heterocycles. The molecule has 0 unspecified atom stereocenters. The molecule has 1 rings (SSSR count). The van der Waals surface area contributed by atoms with Crippen LogP contribution >= 0.6 is 11.6 Å². The van der Waals surface area contributed by atoms with Crippen LogP contribution in [0.2, 0.25) is 5.02 Å². The summed E-state index contributed by atoms with van der Waals surface area (Å²) in [7, 11) is 0. The maximum atomic E-state index is 10.2. The molecular weight excluding hydrogens is 190 g/mol. The van der Waals surface area contributed by atoms with E-state index in [1.54, 1.807) is 18.2 Å². The van der Waals surface area contributed by atoms with Gasteiger partial charge in [-0.05, 0) is 18.2 Å². The van der Waals surface area contributed by atoms with E-state index in [-0.39, 0.29) is 0 Å². The molecule has 0 saturated carbocycles. The number of aliphatic carboxylic acids is 1. The van der Waals surface area contributed by atoms with E-state index in [0.717, 1.165) is 6.08 Å². The number of carboxylic acid groups (broad SMARTS) is 1. The SMILES string of the molecule is Nc1cccc(Cl)c1C=CC(=O)O. The smallest absolute Gasteiger partial charge is 0.328 e. The fourth-order valence-corrected chi connectivity index (χ4v) is 1.13. The van der Waals surface area contributed by atoms with Crippen LogP contribution in [-0.4, -0.2) is 11.1 Å². The van der Waals surface area contributed by atoms with E-state index in [0.29, 0.717) is 16.3 Å². The largest absolute Gasteiger partial charge is 0.478 e. The third-order valence-electron chi connectivity index (χ3n) is 1.48. The van der Waals surface area contributed by atoms with Crippen molar-refractivity contribution in [2.24, 2.45) is 0 Å². The summed E-state index contributed by atoms with van der Waals surface area (Å²) in [6.07, 6.45) is 2.37. The molecule has 0 radical (unpaired) electrons. The second-order valence-electron chi connectivity index (χ2n) is 2.41. The highest BCUT2D eigenvalue weighted by atomic mass is 35.5. The zero-order valence-corrected chi connectivity index (χ0v) is 7.45. The molecule has 0 atom stereocenters. The van der Waals surface area contributed by atoms with Crippen molar-refractivity contribution in [1.29, 1.82) is 0 Å². The summed E-state index contributed by atoms with van der Waals surface area (Å²) in [5.41, 5.74) is 6.58. The summed E-state index contributed by atoms with van der Waals surface area (Å²) in [5, 5.41) is 8.83. The number of hydrogen-bond acceptors (Lipinski definition) is 2. The van der Waals surface area contributed by atoms with Crippen LogP contribution < -0.4 is 5.73 Å². The number of carboxylic acids is 1. The summed E-state index contributed by atoms with van der Waals surface area (Å²) in [4.78, 5) is 10.2. The van der Waals surface area contributed by atoms with Crippen LogP contribution in [0.4, 0.5) is 5.69 Å². The molecule has 0 aliphatic rings. The van der Waals surface area contributed by atoms with Crippen LogP contribution in [0.25, 0.3) is 6.08 Å². The Hall–Kier alpha value is -1.48. The Morgan fingerprint density at radius 3 is 2.77 bits per heavy atom. The normalized spacial score (nSPS) is 10.5. The number of anilines is 1. The summed E-state index contributed by atoms with van der Waals surface area (Å²) in [6.45, 7) is 0. The van der Waals surface area contributed by atoms with E-state index in [2.05, 4.69) is 0 Å². The fourth-order valence-electron chi connectivity index (χ4n) is 0.884. The molecule has 0 aliphatic carbocycles. The van der Waals surface area contributed by atoms with Gasteiger partial charge < -0.3 is 10.8 Å². The van der Waals surface area contributed by atoms with E-state index in [1.165, 1.54) is 6.08 Å². The topological polar surface area (TPSA) is 63.3 Å². The molecule has 0 spiro atoms. The Balaban J connectivity index is 3.06. The number of benzene rings is 1. The lowest BCUT2D eigenvalue weighted by atomic mass is 10.1. The first-order chi connectivity index (χ1) is 6.11. The first-order valence-electron chi connectivity index (χ1n) is 3.56. The molecule has 3 N–H and O–H groups in total. The lowest BCUT2D eigenvalue weighted by Crippen LogP contribution is -1.91. The van der Waals surface area contributed by atoms with E-state index >= 15 is 0 Å². The van der Waals surface area contributed by atoms with Crippen LogP contribution in [0.3, 0.4) is 0 Å². The molecule has 0 aromatic heterocycles. The molecule has 0 bridgehead atoms. The average Bonchev–Trinajstić information content (AvgIpc) is 2.03. The van der Waals surface area contributed by atoms with E-state index in [9.17, 15) is 4.79 Å². The molecular formula is C9H8ClNO2. The van der Waals surface area contributed by atoms with Gasteiger partial charge in [-0.1, -0.05) is 17.7 Å². The van der Waals surface area contributed by atoms with Crippen molar-refractivity contribution in [1.82, 2.24) is 0 Å². The van der Waals surface area contributed by atoms with Gasteiger partial charge in [-0.3, -0.25) is 0 Å². The highest BCUT2D eigenvalue weighted by Gasteiger charge is 2.00. The summed E-state index contributed by atoms with van der Waals surface area (Å²) in [5.74, 6) is -1.03. The number of rotatable bonds is 2. The van der Waals surface area contributed by atoms with E-state index in [4.69, 9.17) is 22.4 Å². The van der Waals surface area contributed by atoms with Crippen LogP contribution in [0.15, 0.2) is 24.3 Å². The van der Waals surface area contributed by atoms with Crippen LogP contribution in [0.5, 0.6) is 0 Å². The number of carbonyl (C=O) groups is 1. The highest BCUT2D eigenvalue weighted by Crippen LogP contribution is 2.22. The van der Waals surface area contributed by atoms with Crippen LogP contribution in [-0.2, 0) is 4.79 Å². The molecule has 68 valence electrons. The minimum absolute atomic E-state index is 0.442. The van der Waals surface area contributed by atoms with Gasteiger partial charge in [-0.2, -0.15) is 0 Å². The van der Waals surface area contributed by atoms with Gasteiger partial charge in [-0.15, -0.1) is 0 Å². The van der Waals surface area contributed by atoms with Gasteiger partial charge in [0.15, 0.2) is 0 Å². The van der Waals surface area contributed by atoms with Crippen molar-refractivity contribution in [3.8, 4) is 0 Å². The lowest BCUT2D eigenvalue weighted by molar-refractivity contribution is -0.131. The van der Waals surface area contributed by atoms with Gasteiger partial charge in [0.1, 0.15) is 0 Å². The molecule has 0 heterocycles. The first kappa shape index (κ1) is 9.61. The minimum atomic E-state index is -1.03. The molecule has 3 nitrogen and oxygen atoms in total. The molecule has 4 heteroatoms. The maximum absolute atomic E-state index is 10.2. The van der Waals surface area contributed by atoms with Crippen molar-refractivity contribution in [3.05, 3.63) is 34.9 Å². The van der Waals surface area contributed by atoms with Crippen molar-refractivity contribution >= 4 is 29.3 Å². The Kier molecular flexibility index (Phi) is 2.93. The van der Waals surface area contributed by atoms with E-state index in [1.807, 2.05) is 0 Å². The zero-order chi connectivity index (χ0) is 9.84. The standard InChI is InChI=1S/C9H8ClNO2/c10-7-2-1-3-8(11)6(7)4-5-9(12)13/h1-5H,11H2,(H,12,13). The molecule has 1 aromatic rings. The average molecular weight is 198 g/mol. The third-order valence-corrected chi connectivity index (χ3v) is 1.81.